The molecule has 11 aromatic rings. The Morgan fingerprint density at radius 1 is 0.390 bits per heavy atom. The average Bonchev–Trinajstić information content (AvgIpc) is 1.59. The highest BCUT2D eigenvalue weighted by atomic mass is 16.4. The smallest absolute Gasteiger partial charge is 0.307 e. The predicted octanol–water partition coefficient (Wildman–Crippen LogP) is 16.8. The number of carbonyl (C=O) groups is 6. The summed E-state index contributed by atoms with van der Waals surface area (Å²) in [6, 6.07) is 66.5. The van der Waals surface area contributed by atoms with Crippen molar-refractivity contribution in [3.8, 4) is 44.5 Å². The number of benzene rings is 8. The number of aromatic amines is 2. The molecule has 0 fully saturated rings. The Kier molecular flexibility index (Phi) is 17.3. The van der Waals surface area contributed by atoms with Gasteiger partial charge in [0.15, 0.2) is 0 Å². The number of H-pyrrole nitrogens is 2. The maximum Gasteiger partial charge on any atom is 0.307 e. The third-order valence-electron chi connectivity index (χ3n) is 18.8. The van der Waals surface area contributed by atoms with Gasteiger partial charge in [0.05, 0.1) is 28.7 Å². The zero-order valence-electron chi connectivity index (χ0n) is 54.5. The standard InChI is InChI=1S/C84H67N9O7/c1-2-3-40-85-79(94)57-45-49-16-12-20-53(41-49)80(95)90-63-28-8-4-24-59(63)75-67-32-36-71(86-67)77-61-26-6-10-30-65(61)92-82(97)55-22-14-18-51(43-55)47-58(84(99)100)48-52-19-15-23-56(44-52)83(98)93-66-31-11-7-27-62(66)78(72-37-33-68(75)87-72)74-39-35-70(89-74)76(69-34-38-73(77)88-69)60-25-5-9-29-64(60)91-81(96)54-21-13-17-50(42-54)46-57/h4-39,41-44,57-58,86,89H,2-3,40,45-48H2,1H3,(H,85,94)(H,90,95)(H,91,96)(H,92,97)(H,93,98)(H,99,100). The fraction of sp³-hybridized carbons (Fsp3) is 0.119. The van der Waals surface area contributed by atoms with E-state index in [1.54, 1.807) is 48.5 Å². The number of hydrogen-bond donors (Lipinski definition) is 8. The predicted molar refractivity (Wildman–Crippen MR) is 396 cm³/mol. The fourth-order valence-corrected chi connectivity index (χ4v) is 13.9. The first-order valence-electron chi connectivity index (χ1n) is 33.5. The zero-order valence-corrected chi connectivity index (χ0v) is 54.5. The van der Waals surface area contributed by atoms with E-state index in [0.717, 1.165) is 24.0 Å². The van der Waals surface area contributed by atoms with Crippen molar-refractivity contribution < 1.29 is 33.9 Å². The van der Waals surface area contributed by atoms with Crippen molar-refractivity contribution in [2.45, 2.75) is 45.4 Å². The highest BCUT2D eigenvalue weighted by Crippen LogP contribution is 2.44. The molecule has 16 heteroatoms. The van der Waals surface area contributed by atoms with Crippen molar-refractivity contribution in [2.24, 2.45) is 11.8 Å². The van der Waals surface area contributed by atoms with E-state index in [1.165, 1.54) is 0 Å². The topological polar surface area (TPSA) is 240 Å². The van der Waals surface area contributed by atoms with Crippen LogP contribution in [-0.4, -0.2) is 67.1 Å². The van der Waals surface area contributed by atoms with Crippen molar-refractivity contribution in [3.63, 3.8) is 0 Å². The molecular formula is C84H67N9O7. The monoisotopic (exact) mass is 1310 g/mol. The SMILES string of the molecule is CCCCNC(=O)C1Cc2cccc(c2)C(=O)Nc2ccccc2-c2c3nc(c4c5ccc([nH]5)c(c5nc(c(c6ccc2[nH]6)-c2ccccc2NC(=O)c2cccc(c2)CC(C(=O)O)Cc2cccc(c2)C(=O)Nc2ccccc2-4)C=C5)-c2ccccc2NC(=O)c2cccc(c2)C1)C=C3. The van der Waals surface area contributed by atoms with Gasteiger partial charge in [-0.2, -0.15) is 0 Å². The van der Waals surface area contributed by atoms with Gasteiger partial charge in [-0.3, -0.25) is 28.8 Å². The molecule has 6 aliphatic rings. The maximum atomic E-state index is 15.1. The Bertz CT molecular complexity index is 5110. The van der Waals surface area contributed by atoms with Crippen LogP contribution in [0, 0.1) is 11.8 Å². The van der Waals surface area contributed by atoms with Crippen molar-refractivity contribution in [1.29, 1.82) is 0 Å². The molecule has 5 amide bonds. The van der Waals surface area contributed by atoms with Crippen LogP contribution in [0.2, 0.25) is 0 Å². The number of nitrogens with zero attached hydrogens (tertiary/aromatic N) is 2. The summed E-state index contributed by atoms with van der Waals surface area (Å²) in [5.74, 6) is -4.28. The van der Waals surface area contributed by atoms with Crippen LogP contribution in [0.15, 0.2) is 218 Å². The van der Waals surface area contributed by atoms with E-state index >= 15 is 9.59 Å². The number of carbonyl (C=O) groups excluding carboxylic acids is 5. The number of hydrogen-bond acceptors (Lipinski definition) is 8. The molecule has 8 N–H and O–H groups in total. The van der Waals surface area contributed by atoms with Gasteiger partial charge in [-0.05, 0) is 176 Å². The number of aromatic nitrogens is 4. The number of carboxylic acids is 1. The molecule has 0 aliphatic carbocycles. The van der Waals surface area contributed by atoms with Crippen molar-refractivity contribution in [2.75, 3.05) is 27.8 Å². The maximum absolute atomic E-state index is 15.1. The number of fused-ring (bicyclic) bond motifs is 8. The number of aliphatic carboxylic acids is 1. The summed E-state index contributed by atoms with van der Waals surface area (Å²) in [5.41, 5.74) is 15.3. The van der Waals surface area contributed by atoms with E-state index < -0.39 is 41.4 Å². The van der Waals surface area contributed by atoms with E-state index in [-0.39, 0.29) is 18.7 Å². The molecule has 0 atom stereocenters. The summed E-state index contributed by atoms with van der Waals surface area (Å²) >= 11 is 0. The third-order valence-corrected chi connectivity index (χ3v) is 18.8. The number of nitrogens with one attached hydrogen (secondary N) is 7. The van der Waals surface area contributed by atoms with E-state index in [0.29, 0.717) is 165 Å². The molecule has 6 aliphatic heterocycles. The molecule has 9 heterocycles. The number of unbranched alkanes of at least 4 members (excludes halogenated alkanes) is 1. The minimum Gasteiger partial charge on any atom is -0.481 e. The Morgan fingerprint density at radius 3 is 0.970 bits per heavy atom. The summed E-state index contributed by atoms with van der Waals surface area (Å²) in [6.07, 6.45) is 10.2. The van der Waals surface area contributed by atoms with Gasteiger partial charge in [0.1, 0.15) is 0 Å². The Morgan fingerprint density at radius 2 is 0.680 bits per heavy atom. The number of anilines is 4. The lowest BCUT2D eigenvalue weighted by atomic mass is 9.90. The van der Waals surface area contributed by atoms with E-state index in [4.69, 9.17) is 9.97 Å². The molecule has 100 heavy (non-hydrogen) atoms. The summed E-state index contributed by atoms with van der Waals surface area (Å²) in [7, 11) is 0. The minimum absolute atomic E-state index is 0.0981. The fourth-order valence-electron chi connectivity index (χ4n) is 13.9. The summed E-state index contributed by atoms with van der Waals surface area (Å²) in [5, 5.41) is 26.9. The number of para-hydroxylation sites is 4. The molecular weight excluding hydrogens is 1250 g/mol. The summed E-state index contributed by atoms with van der Waals surface area (Å²) < 4.78 is 0. The Balaban J connectivity index is 1.04. The van der Waals surface area contributed by atoms with Crippen LogP contribution in [0.25, 0.3) is 90.9 Å². The van der Waals surface area contributed by atoms with Gasteiger partial charge in [-0.1, -0.05) is 135 Å². The number of carboxylic acid groups (broad SMARTS) is 1. The molecule has 17 rings (SSSR count). The Labute approximate surface area is 576 Å². The summed E-state index contributed by atoms with van der Waals surface area (Å²) in [6.45, 7) is 2.58. The minimum atomic E-state index is -1.02. The molecule has 0 saturated heterocycles. The van der Waals surface area contributed by atoms with Crippen LogP contribution >= 0.6 is 0 Å². The van der Waals surface area contributed by atoms with Crippen molar-refractivity contribution in [3.05, 3.63) is 286 Å². The second-order valence-corrected chi connectivity index (χ2v) is 25.5. The molecule has 16 nitrogen and oxygen atoms in total. The van der Waals surface area contributed by atoms with E-state index in [1.807, 2.05) is 194 Å². The van der Waals surface area contributed by atoms with Crippen LogP contribution in [0.3, 0.4) is 0 Å². The lowest BCUT2D eigenvalue weighted by Gasteiger charge is -2.18. The third kappa shape index (κ3) is 12.9. The van der Waals surface area contributed by atoms with Crippen LogP contribution in [0.1, 0.15) is 106 Å². The molecule has 0 saturated carbocycles. The zero-order chi connectivity index (χ0) is 68.4. The molecule has 0 radical (unpaired) electrons. The van der Waals surface area contributed by atoms with Gasteiger partial charge >= 0.3 is 5.97 Å². The highest BCUT2D eigenvalue weighted by Gasteiger charge is 2.28. The van der Waals surface area contributed by atoms with Gasteiger partial charge in [0, 0.05) is 124 Å². The lowest BCUT2D eigenvalue weighted by Crippen LogP contribution is -2.34. The van der Waals surface area contributed by atoms with Crippen molar-refractivity contribution >= 4 is 105 Å². The van der Waals surface area contributed by atoms with E-state index in [9.17, 15) is 24.3 Å². The lowest BCUT2D eigenvalue weighted by molar-refractivity contribution is -0.141. The van der Waals surface area contributed by atoms with Crippen LogP contribution < -0.4 is 26.6 Å². The van der Waals surface area contributed by atoms with Crippen LogP contribution in [-0.2, 0) is 35.3 Å². The van der Waals surface area contributed by atoms with Crippen LogP contribution in [0.5, 0.6) is 0 Å². The van der Waals surface area contributed by atoms with Crippen molar-refractivity contribution in [1.82, 2.24) is 25.3 Å². The number of amides is 5. The van der Waals surface area contributed by atoms with Gasteiger partial charge in [-0.15, -0.1) is 0 Å². The molecule has 0 spiro atoms. The largest absolute Gasteiger partial charge is 0.481 e. The van der Waals surface area contributed by atoms with Gasteiger partial charge in [0.25, 0.3) is 23.6 Å². The van der Waals surface area contributed by atoms with Crippen LogP contribution in [0.4, 0.5) is 22.7 Å². The second-order valence-electron chi connectivity index (χ2n) is 25.5. The average molecular weight is 1310 g/mol. The molecule has 0 unspecified atom stereocenters. The first-order chi connectivity index (χ1) is 48.9. The molecule has 490 valence electrons. The Hall–Kier alpha value is -12.8. The van der Waals surface area contributed by atoms with Gasteiger partial charge in [0.2, 0.25) is 5.91 Å². The first-order valence-corrected chi connectivity index (χ1v) is 33.5. The normalized spacial score (nSPS) is 14.0. The van der Waals surface area contributed by atoms with E-state index in [2.05, 4.69) is 43.5 Å². The quantitative estimate of drug-likeness (QED) is 0.0764. The number of rotatable bonds is 5. The van der Waals surface area contributed by atoms with Gasteiger partial charge in [-0.25, -0.2) is 9.97 Å². The molecule has 8 aromatic carbocycles. The first kappa shape index (κ1) is 63.2. The molecule has 3 aromatic heterocycles. The highest BCUT2D eigenvalue weighted by molar-refractivity contribution is 6.13. The summed E-state index contributed by atoms with van der Waals surface area (Å²) in [4.78, 5) is 106. The van der Waals surface area contributed by atoms with Gasteiger partial charge < -0.3 is 41.7 Å². The molecule has 20 bridgehead atoms. The second kappa shape index (κ2) is 27.4.